The van der Waals surface area contributed by atoms with E-state index < -0.39 is 33.2 Å². The molecular formula is C15H13ClFN3O5S. The van der Waals surface area contributed by atoms with Crippen molar-refractivity contribution in [2.24, 2.45) is 0 Å². The minimum Gasteiger partial charge on any atom is -0.323 e. The van der Waals surface area contributed by atoms with Crippen LogP contribution < -0.4 is 9.62 Å². The van der Waals surface area contributed by atoms with Crippen molar-refractivity contribution in [2.45, 2.75) is 0 Å². The number of hydrogen-bond acceptors (Lipinski definition) is 5. The van der Waals surface area contributed by atoms with Crippen LogP contribution >= 0.6 is 11.6 Å². The van der Waals surface area contributed by atoms with Crippen LogP contribution in [0.25, 0.3) is 0 Å². The van der Waals surface area contributed by atoms with Crippen molar-refractivity contribution in [3.8, 4) is 0 Å². The molecule has 0 fully saturated rings. The van der Waals surface area contributed by atoms with Gasteiger partial charge in [0.1, 0.15) is 12.4 Å². The number of nitro benzene ring substituents is 1. The maximum absolute atomic E-state index is 13.0. The molecule has 1 amide bonds. The maximum atomic E-state index is 13.0. The summed E-state index contributed by atoms with van der Waals surface area (Å²) >= 11 is 5.90. The van der Waals surface area contributed by atoms with Crippen molar-refractivity contribution in [1.29, 1.82) is 0 Å². The number of benzene rings is 2. The van der Waals surface area contributed by atoms with E-state index in [1.807, 2.05) is 0 Å². The zero-order valence-corrected chi connectivity index (χ0v) is 14.9. The Bertz CT molecular complexity index is 950. The van der Waals surface area contributed by atoms with E-state index in [4.69, 9.17) is 11.6 Å². The normalized spacial score (nSPS) is 11.0. The number of sulfonamides is 1. The lowest BCUT2D eigenvalue weighted by Gasteiger charge is -2.22. The zero-order valence-electron chi connectivity index (χ0n) is 13.3. The Hall–Kier alpha value is -2.72. The van der Waals surface area contributed by atoms with Crippen LogP contribution in [-0.4, -0.2) is 32.0 Å². The molecule has 1 N–H and O–H groups in total. The number of amides is 1. The number of nitrogens with zero attached hydrogens (tertiary/aromatic N) is 2. The highest BCUT2D eigenvalue weighted by atomic mass is 35.5. The van der Waals surface area contributed by atoms with Gasteiger partial charge in [0.15, 0.2) is 0 Å². The molecule has 0 spiro atoms. The fourth-order valence-electron chi connectivity index (χ4n) is 2.05. The number of anilines is 2. The Morgan fingerprint density at radius 2 is 1.88 bits per heavy atom. The van der Waals surface area contributed by atoms with Crippen LogP contribution in [0.15, 0.2) is 42.5 Å². The van der Waals surface area contributed by atoms with Gasteiger partial charge in [0.25, 0.3) is 5.69 Å². The predicted molar refractivity (Wildman–Crippen MR) is 95.3 cm³/mol. The average molecular weight is 402 g/mol. The van der Waals surface area contributed by atoms with E-state index in [2.05, 4.69) is 5.32 Å². The van der Waals surface area contributed by atoms with Gasteiger partial charge in [-0.2, -0.15) is 0 Å². The topological polar surface area (TPSA) is 110 Å². The number of nitrogens with one attached hydrogen (secondary N) is 1. The van der Waals surface area contributed by atoms with Gasteiger partial charge in [-0.15, -0.1) is 0 Å². The quantitative estimate of drug-likeness (QED) is 0.591. The third-order valence-corrected chi connectivity index (χ3v) is 4.71. The van der Waals surface area contributed by atoms with E-state index in [1.54, 1.807) is 0 Å². The predicted octanol–water partition coefficient (Wildman–Crippen LogP) is 2.79. The fourth-order valence-corrected chi connectivity index (χ4v) is 3.07. The van der Waals surface area contributed by atoms with Gasteiger partial charge in [-0.1, -0.05) is 11.6 Å². The van der Waals surface area contributed by atoms with E-state index in [9.17, 15) is 27.7 Å². The molecule has 0 aliphatic rings. The van der Waals surface area contributed by atoms with Crippen LogP contribution in [0.3, 0.4) is 0 Å². The molecule has 0 aliphatic carbocycles. The molecule has 0 aromatic heterocycles. The first-order valence-electron chi connectivity index (χ1n) is 7.05. The van der Waals surface area contributed by atoms with Crippen molar-refractivity contribution in [3.63, 3.8) is 0 Å². The van der Waals surface area contributed by atoms with Crippen molar-refractivity contribution in [2.75, 3.05) is 22.4 Å². The Kier molecular flexibility index (Phi) is 5.78. The molecule has 0 unspecified atom stereocenters. The van der Waals surface area contributed by atoms with Crippen LogP contribution in [0, 0.1) is 15.9 Å². The number of rotatable bonds is 6. The average Bonchev–Trinajstić information content (AvgIpc) is 2.54. The first-order valence-corrected chi connectivity index (χ1v) is 9.27. The minimum atomic E-state index is -3.84. The number of carbonyl (C=O) groups excluding carboxylic acids is 1. The summed E-state index contributed by atoms with van der Waals surface area (Å²) in [7, 11) is -3.84. The van der Waals surface area contributed by atoms with Crippen molar-refractivity contribution in [3.05, 3.63) is 63.4 Å². The Morgan fingerprint density at radius 1 is 1.27 bits per heavy atom. The summed E-state index contributed by atoms with van der Waals surface area (Å²) < 4.78 is 37.7. The van der Waals surface area contributed by atoms with E-state index in [-0.39, 0.29) is 22.1 Å². The van der Waals surface area contributed by atoms with E-state index in [0.29, 0.717) is 0 Å². The lowest BCUT2D eigenvalue weighted by atomic mass is 10.2. The van der Waals surface area contributed by atoms with E-state index in [1.165, 1.54) is 24.3 Å². The molecule has 0 aliphatic heterocycles. The summed E-state index contributed by atoms with van der Waals surface area (Å²) in [5, 5.41) is 13.2. The molecule has 2 rings (SSSR count). The molecule has 26 heavy (non-hydrogen) atoms. The monoisotopic (exact) mass is 401 g/mol. The van der Waals surface area contributed by atoms with Gasteiger partial charge in [0.05, 0.1) is 27.6 Å². The molecule has 11 heteroatoms. The van der Waals surface area contributed by atoms with Gasteiger partial charge < -0.3 is 5.32 Å². The van der Waals surface area contributed by atoms with Gasteiger partial charge >= 0.3 is 0 Å². The molecule has 0 bridgehead atoms. The van der Waals surface area contributed by atoms with Crippen LogP contribution in [0.2, 0.25) is 5.02 Å². The summed E-state index contributed by atoms with van der Waals surface area (Å²) in [5.41, 5.74) is -0.226. The molecule has 138 valence electrons. The molecule has 2 aromatic rings. The summed E-state index contributed by atoms with van der Waals surface area (Å²) in [4.78, 5) is 22.4. The second-order valence-electron chi connectivity index (χ2n) is 5.22. The Balaban J connectivity index is 2.24. The summed E-state index contributed by atoms with van der Waals surface area (Å²) in [6.07, 6.45) is 0.893. The standard InChI is InChI=1S/C15H13ClFN3O5S/c1-26(24,25)19(11-4-2-10(17)3-5-11)9-15(21)18-14-8-12(20(22)23)6-7-13(14)16/h2-8H,9H2,1H3,(H,18,21). The van der Waals surface area contributed by atoms with Crippen molar-refractivity contribution >= 4 is 44.6 Å². The molecule has 0 radical (unpaired) electrons. The zero-order chi connectivity index (χ0) is 19.5. The number of halogens is 2. The van der Waals surface area contributed by atoms with Gasteiger partial charge in [-0.25, -0.2) is 12.8 Å². The van der Waals surface area contributed by atoms with Crippen molar-refractivity contribution in [1.82, 2.24) is 0 Å². The van der Waals surface area contributed by atoms with Gasteiger partial charge in [0.2, 0.25) is 15.9 Å². The van der Waals surface area contributed by atoms with E-state index in [0.717, 1.165) is 28.8 Å². The molecule has 0 atom stereocenters. The third-order valence-electron chi connectivity index (χ3n) is 3.24. The number of hydrogen-bond donors (Lipinski definition) is 1. The Morgan fingerprint density at radius 3 is 2.42 bits per heavy atom. The molecular weight excluding hydrogens is 389 g/mol. The highest BCUT2D eigenvalue weighted by molar-refractivity contribution is 7.92. The first-order chi connectivity index (χ1) is 12.1. The molecule has 0 saturated carbocycles. The largest absolute Gasteiger partial charge is 0.323 e. The van der Waals surface area contributed by atoms with Gasteiger partial charge in [-0.3, -0.25) is 19.2 Å². The van der Waals surface area contributed by atoms with Crippen molar-refractivity contribution < 1.29 is 22.5 Å². The summed E-state index contributed by atoms with van der Waals surface area (Å²) in [5.74, 6) is -1.34. The van der Waals surface area contributed by atoms with Crippen LogP contribution in [0.1, 0.15) is 0 Å². The molecule has 0 heterocycles. The molecule has 8 nitrogen and oxygen atoms in total. The van der Waals surface area contributed by atoms with Crippen LogP contribution in [-0.2, 0) is 14.8 Å². The number of non-ortho nitro benzene ring substituents is 1. The second kappa shape index (κ2) is 7.67. The smallest absolute Gasteiger partial charge is 0.271 e. The number of carbonyl (C=O) groups is 1. The maximum Gasteiger partial charge on any atom is 0.271 e. The SMILES string of the molecule is CS(=O)(=O)N(CC(=O)Nc1cc([N+](=O)[O-])ccc1Cl)c1ccc(F)cc1. The summed E-state index contributed by atoms with van der Waals surface area (Å²) in [6.45, 7) is -0.622. The lowest BCUT2D eigenvalue weighted by molar-refractivity contribution is -0.384. The highest BCUT2D eigenvalue weighted by Gasteiger charge is 2.22. The number of nitro groups is 1. The Labute approximate surface area is 153 Å². The van der Waals surface area contributed by atoms with Crippen LogP contribution in [0.5, 0.6) is 0 Å². The molecule has 0 saturated heterocycles. The van der Waals surface area contributed by atoms with Gasteiger partial charge in [-0.05, 0) is 30.3 Å². The first kappa shape index (κ1) is 19.6. The third kappa shape index (κ3) is 4.90. The minimum absolute atomic E-state index is 0.0292. The highest BCUT2D eigenvalue weighted by Crippen LogP contribution is 2.27. The second-order valence-corrected chi connectivity index (χ2v) is 7.53. The lowest BCUT2D eigenvalue weighted by Crippen LogP contribution is -2.37. The van der Waals surface area contributed by atoms with E-state index >= 15 is 0 Å². The fraction of sp³-hybridized carbons (Fsp3) is 0.133. The summed E-state index contributed by atoms with van der Waals surface area (Å²) in [6, 6.07) is 8.01. The van der Waals surface area contributed by atoms with Gasteiger partial charge in [0, 0.05) is 12.1 Å². The van der Waals surface area contributed by atoms with Crippen LogP contribution in [0.4, 0.5) is 21.5 Å². The molecule has 2 aromatic carbocycles.